The predicted molar refractivity (Wildman–Crippen MR) is 122 cm³/mol. The summed E-state index contributed by atoms with van der Waals surface area (Å²) in [5.41, 5.74) is 2.32. The van der Waals surface area contributed by atoms with Crippen LogP contribution in [0.15, 0.2) is 36.6 Å². The minimum Gasteiger partial charge on any atom is -0.504 e. The Balaban J connectivity index is 1.41. The molecule has 11 nitrogen and oxygen atoms in total. The number of nitrogens with zero attached hydrogens (tertiary/aromatic N) is 1. The van der Waals surface area contributed by atoms with E-state index in [1.807, 2.05) is 0 Å². The van der Waals surface area contributed by atoms with Crippen molar-refractivity contribution in [3.8, 4) is 11.5 Å². The van der Waals surface area contributed by atoms with E-state index in [1.54, 1.807) is 23.1 Å². The van der Waals surface area contributed by atoms with Crippen molar-refractivity contribution in [2.75, 3.05) is 20.3 Å². The Hall–Kier alpha value is -2.67. The van der Waals surface area contributed by atoms with Gasteiger partial charge < -0.3 is 49.4 Å². The van der Waals surface area contributed by atoms with Crippen LogP contribution in [0.1, 0.15) is 23.6 Å². The Morgan fingerprint density at radius 2 is 2.03 bits per heavy atom. The Morgan fingerprint density at radius 1 is 1.25 bits per heavy atom. The molecule has 4 heterocycles. The molecule has 0 saturated carbocycles. The maximum atomic E-state index is 13.4. The van der Waals surface area contributed by atoms with Gasteiger partial charge in [-0.2, -0.15) is 0 Å². The van der Waals surface area contributed by atoms with Crippen LogP contribution < -0.4 is 4.74 Å². The molecule has 36 heavy (non-hydrogen) atoms. The van der Waals surface area contributed by atoms with E-state index in [4.69, 9.17) is 18.9 Å². The molecule has 1 amide bonds. The number of ether oxygens (including phenoxy) is 4. The topological polar surface area (TPSA) is 158 Å². The van der Waals surface area contributed by atoms with E-state index in [0.717, 1.165) is 11.1 Å². The third-order valence-corrected chi connectivity index (χ3v) is 7.70. The van der Waals surface area contributed by atoms with Gasteiger partial charge in [-0.15, -0.1) is 6.58 Å². The second-order valence-electron chi connectivity index (χ2n) is 9.55. The lowest BCUT2D eigenvalue weighted by molar-refractivity contribution is -0.325. The molecule has 0 aromatic heterocycles. The van der Waals surface area contributed by atoms with Crippen molar-refractivity contribution in [3.63, 3.8) is 0 Å². The molecule has 196 valence electrons. The molecule has 1 aromatic carbocycles. The summed E-state index contributed by atoms with van der Waals surface area (Å²) in [6.07, 6.45) is -4.10. The molecule has 0 radical (unpaired) electrons. The first-order valence-corrected chi connectivity index (χ1v) is 11.9. The van der Waals surface area contributed by atoms with E-state index in [1.165, 1.54) is 13.4 Å². The molecule has 0 aliphatic carbocycles. The fourth-order valence-corrected chi connectivity index (χ4v) is 5.77. The van der Waals surface area contributed by atoms with Crippen LogP contribution in [0.3, 0.4) is 0 Å². The van der Waals surface area contributed by atoms with E-state index in [9.17, 15) is 30.3 Å². The third kappa shape index (κ3) is 3.96. The zero-order chi connectivity index (χ0) is 25.7. The number of hydrogen-bond donors (Lipinski definition) is 5. The molecule has 5 N–H and O–H groups in total. The number of rotatable bonds is 5. The molecule has 1 aromatic rings. The number of carbonyl (C=O) groups excluding carboxylic acids is 1. The van der Waals surface area contributed by atoms with Gasteiger partial charge in [0.25, 0.3) is 5.91 Å². The SMILES string of the molecule is C=C[C@H]1C(O[C@@H]2[C@@H](O)[C@H](O)[C@@H](CO)O[C@H]2O)OC=C2C(=O)N3CCc4cc(OC)c(O)cc4[C@H]3C[C@H]21. The van der Waals surface area contributed by atoms with Crippen LogP contribution in [-0.2, 0) is 25.4 Å². The number of carbonyl (C=O) groups is 1. The van der Waals surface area contributed by atoms with Gasteiger partial charge in [-0.3, -0.25) is 4.79 Å². The highest BCUT2D eigenvalue weighted by Gasteiger charge is 2.51. The predicted octanol–water partition coefficient (Wildman–Crippen LogP) is -0.295. The van der Waals surface area contributed by atoms with Crippen molar-refractivity contribution < 1.29 is 49.3 Å². The minimum atomic E-state index is -1.62. The first kappa shape index (κ1) is 25.0. The van der Waals surface area contributed by atoms with Gasteiger partial charge in [-0.25, -0.2) is 0 Å². The molecular weight excluding hydrogens is 474 g/mol. The lowest BCUT2D eigenvalue weighted by atomic mass is 9.73. The fraction of sp³-hybridized carbons (Fsp3) is 0.560. The molecule has 0 spiro atoms. The smallest absolute Gasteiger partial charge is 0.253 e. The van der Waals surface area contributed by atoms with Crippen molar-refractivity contribution in [2.24, 2.45) is 11.8 Å². The maximum absolute atomic E-state index is 13.4. The maximum Gasteiger partial charge on any atom is 0.253 e. The number of benzene rings is 1. The molecule has 2 fully saturated rings. The zero-order valence-corrected chi connectivity index (χ0v) is 19.8. The molecule has 4 aliphatic heterocycles. The van der Waals surface area contributed by atoms with Crippen LogP contribution in [0.2, 0.25) is 0 Å². The summed E-state index contributed by atoms with van der Waals surface area (Å²) in [6, 6.07) is 3.16. The second-order valence-corrected chi connectivity index (χ2v) is 9.55. The summed E-state index contributed by atoms with van der Waals surface area (Å²) >= 11 is 0. The Kier molecular flexibility index (Phi) is 6.70. The van der Waals surface area contributed by atoms with Crippen LogP contribution in [0.5, 0.6) is 11.5 Å². The summed E-state index contributed by atoms with van der Waals surface area (Å²) in [5.74, 6) is -0.671. The van der Waals surface area contributed by atoms with Gasteiger partial charge in [0.2, 0.25) is 6.29 Å². The third-order valence-electron chi connectivity index (χ3n) is 7.70. The molecule has 2 saturated heterocycles. The lowest BCUT2D eigenvalue weighted by Gasteiger charge is -2.49. The van der Waals surface area contributed by atoms with Gasteiger partial charge in [0, 0.05) is 18.4 Å². The summed E-state index contributed by atoms with van der Waals surface area (Å²) in [7, 11) is 1.49. The lowest BCUT2D eigenvalue weighted by Crippen LogP contribution is -2.61. The molecule has 11 heteroatoms. The summed E-state index contributed by atoms with van der Waals surface area (Å²) in [5, 5.41) is 50.7. The summed E-state index contributed by atoms with van der Waals surface area (Å²) in [6.45, 7) is 3.82. The second kappa shape index (κ2) is 9.66. The number of amides is 1. The number of fused-ring (bicyclic) bond motifs is 4. The number of aromatic hydroxyl groups is 1. The first-order valence-electron chi connectivity index (χ1n) is 11.9. The van der Waals surface area contributed by atoms with E-state index >= 15 is 0 Å². The Labute approximate surface area is 207 Å². The Morgan fingerprint density at radius 3 is 2.72 bits per heavy atom. The first-order chi connectivity index (χ1) is 17.3. The summed E-state index contributed by atoms with van der Waals surface area (Å²) < 4.78 is 22.0. The zero-order valence-electron chi connectivity index (χ0n) is 19.8. The van der Waals surface area contributed by atoms with Crippen molar-refractivity contribution in [2.45, 2.75) is 55.9 Å². The van der Waals surface area contributed by atoms with Crippen molar-refractivity contribution in [3.05, 3.63) is 47.7 Å². The molecule has 9 atom stereocenters. The number of hydrogen-bond acceptors (Lipinski definition) is 10. The van der Waals surface area contributed by atoms with Crippen molar-refractivity contribution in [1.82, 2.24) is 4.90 Å². The number of piperidine rings is 1. The van der Waals surface area contributed by atoms with Crippen LogP contribution in [0.4, 0.5) is 0 Å². The van der Waals surface area contributed by atoms with E-state index in [-0.39, 0.29) is 23.6 Å². The number of methoxy groups -OCH3 is 1. The molecule has 5 rings (SSSR count). The van der Waals surface area contributed by atoms with Gasteiger partial charge >= 0.3 is 0 Å². The van der Waals surface area contributed by atoms with Gasteiger partial charge in [-0.1, -0.05) is 6.08 Å². The van der Waals surface area contributed by atoms with Gasteiger partial charge in [0.15, 0.2) is 17.8 Å². The van der Waals surface area contributed by atoms with Gasteiger partial charge in [0.1, 0.15) is 24.4 Å². The van der Waals surface area contributed by atoms with Crippen LogP contribution in [0, 0.1) is 11.8 Å². The highest BCUT2D eigenvalue weighted by molar-refractivity contribution is 5.95. The average molecular weight is 506 g/mol. The van der Waals surface area contributed by atoms with Crippen molar-refractivity contribution >= 4 is 5.91 Å². The number of aliphatic hydroxyl groups is 4. The standard InChI is InChI=1S/C25H31NO10/c1-3-12-14-7-16-13-8-17(28)18(33-2)6-11(13)4-5-26(16)23(31)15(14)10-34-25(12)36-22-21(30)20(29)19(9-27)35-24(22)32/h3,6,8,10,12,14,16,19-22,24-25,27-30,32H,1,4-5,7,9H2,2H3/t12-,14+,16-,19-,20-,21+,22-,24-,25?/m1/s1. The molecule has 1 unspecified atom stereocenters. The monoisotopic (exact) mass is 505 g/mol. The normalized spacial score (nSPS) is 37.7. The fourth-order valence-electron chi connectivity index (χ4n) is 5.77. The largest absolute Gasteiger partial charge is 0.504 e. The quantitative estimate of drug-likeness (QED) is 0.337. The van der Waals surface area contributed by atoms with Gasteiger partial charge in [-0.05, 0) is 36.1 Å². The van der Waals surface area contributed by atoms with E-state index in [2.05, 4.69) is 6.58 Å². The molecule has 4 aliphatic rings. The van der Waals surface area contributed by atoms with E-state index < -0.39 is 49.5 Å². The number of phenolic OH excluding ortho intramolecular Hbond substituents is 1. The highest BCUT2D eigenvalue weighted by Crippen LogP contribution is 2.49. The number of phenols is 1. The van der Waals surface area contributed by atoms with Crippen LogP contribution in [-0.4, -0.2) is 93.6 Å². The Bertz CT molecular complexity index is 1060. The molecule has 0 bridgehead atoms. The van der Waals surface area contributed by atoms with Crippen LogP contribution >= 0.6 is 0 Å². The van der Waals surface area contributed by atoms with Gasteiger partial charge in [0.05, 0.1) is 31.6 Å². The van der Waals surface area contributed by atoms with Crippen LogP contribution in [0.25, 0.3) is 0 Å². The minimum absolute atomic E-state index is 0.000334. The number of aliphatic hydroxyl groups excluding tert-OH is 4. The molecular formula is C25H31NO10. The summed E-state index contributed by atoms with van der Waals surface area (Å²) in [4.78, 5) is 15.2. The van der Waals surface area contributed by atoms with Crippen molar-refractivity contribution in [1.29, 1.82) is 0 Å². The van der Waals surface area contributed by atoms with E-state index in [0.29, 0.717) is 30.7 Å². The average Bonchev–Trinajstić information content (AvgIpc) is 2.88. The highest BCUT2D eigenvalue weighted by atomic mass is 16.7.